The highest BCUT2D eigenvalue weighted by molar-refractivity contribution is 5.99. The van der Waals surface area contributed by atoms with E-state index in [1.165, 1.54) is 18.2 Å². The first-order chi connectivity index (χ1) is 9.51. The van der Waals surface area contributed by atoms with E-state index in [0.717, 1.165) is 13.0 Å². The smallest absolute Gasteiger partial charge is 0.253 e. The largest absolute Gasteiger partial charge is 0.351 e. The van der Waals surface area contributed by atoms with Gasteiger partial charge >= 0.3 is 0 Å². The van der Waals surface area contributed by atoms with Crippen LogP contribution in [-0.4, -0.2) is 37.0 Å². The fourth-order valence-corrected chi connectivity index (χ4v) is 1.83. The van der Waals surface area contributed by atoms with E-state index in [2.05, 4.69) is 29.5 Å². The molecule has 0 heterocycles. The predicted octanol–water partition coefficient (Wildman–Crippen LogP) is 1.57. The van der Waals surface area contributed by atoms with Crippen molar-refractivity contribution in [1.29, 1.82) is 0 Å². The van der Waals surface area contributed by atoms with E-state index in [0.29, 0.717) is 12.6 Å². The summed E-state index contributed by atoms with van der Waals surface area (Å²) in [6, 6.07) is 4.73. The molecule has 0 fully saturated rings. The van der Waals surface area contributed by atoms with Crippen molar-refractivity contribution in [3.05, 3.63) is 29.6 Å². The van der Waals surface area contributed by atoms with Crippen LogP contribution in [0.1, 0.15) is 30.6 Å². The molecule has 0 saturated heterocycles. The zero-order chi connectivity index (χ0) is 15.1. The van der Waals surface area contributed by atoms with Gasteiger partial charge in [-0.1, -0.05) is 13.0 Å². The summed E-state index contributed by atoms with van der Waals surface area (Å²) < 4.78 is 13.5. The summed E-state index contributed by atoms with van der Waals surface area (Å²) in [5, 5.41) is 2.77. The molecule has 5 nitrogen and oxygen atoms in total. The molecule has 0 aliphatic heterocycles. The standard InChI is InChI=1S/C14H23FN4O/c1-4-10(2)19(3)9-8-17-14(20)11-6-5-7-12(15)13(11)18-16/h5-7,10,18H,4,8-9,16H2,1-3H3,(H,17,20). The van der Waals surface area contributed by atoms with E-state index in [9.17, 15) is 9.18 Å². The summed E-state index contributed by atoms with van der Waals surface area (Å²) in [6.07, 6.45) is 1.05. The van der Waals surface area contributed by atoms with Crippen LogP contribution in [0.2, 0.25) is 0 Å². The quantitative estimate of drug-likeness (QED) is 0.524. The van der Waals surface area contributed by atoms with Crippen LogP contribution < -0.4 is 16.6 Å². The van der Waals surface area contributed by atoms with Gasteiger partial charge in [0.25, 0.3) is 5.91 Å². The second-order valence-corrected chi connectivity index (χ2v) is 4.80. The van der Waals surface area contributed by atoms with Crippen LogP contribution in [0.5, 0.6) is 0 Å². The van der Waals surface area contributed by atoms with Gasteiger partial charge in [-0.3, -0.25) is 10.6 Å². The molecule has 0 saturated carbocycles. The zero-order valence-corrected chi connectivity index (χ0v) is 12.2. The van der Waals surface area contributed by atoms with E-state index in [-0.39, 0.29) is 17.2 Å². The number of nitrogens with one attached hydrogen (secondary N) is 2. The summed E-state index contributed by atoms with van der Waals surface area (Å²) >= 11 is 0. The number of hydrogen-bond acceptors (Lipinski definition) is 4. The zero-order valence-electron chi connectivity index (χ0n) is 12.2. The molecule has 0 aliphatic carbocycles. The number of para-hydroxylation sites is 1. The Bertz CT molecular complexity index is 453. The number of hydrazine groups is 1. The van der Waals surface area contributed by atoms with Crippen LogP contribution >= 0.6 is 0 Å². The molecular formula is C14H23FN4O. The number of nitrogen functional groups attached to an aromatic ring is 1. The molecule has 6 heteroatoms. The minimum atomic E-state index is -0.545. The van der Waals surface area contributed by atoms with Crippen LogP contribution in [0.15, 0.2) is 18.2 Å². The maximum absolute atomic E-state index is 13.5. The van der Waals surface area contributed by atoms with Gasteiger partial charge in [0.05, 0.1) is 11.3 Å². The Labute approximate surface area is 119 Å². The Hall–Kier alpha value is -1.66. The van der Waals surface area contributed by atoms with Crippen LogP contribution in [-0.2, 0) is 0 Å². The fraction of sp³-hybridized carbons (Fsp3) is 0.500. The van der Waals surface area contributed by atoms with Crippen molar-refractivity contribution in [2.24, 2.45) is 5.84 Å². The highest BCUT2D eigenvalue weighted by atomic mass is 19.1. The third-order valence-electron chi connectivity index (χ3n) is 3.50. The van der Waals surface area contributed by atoms with Crippen molar-refractivity contribution in [2.75, 3.05) is 25.6 Å². The van der Waals surface area contributed by atoms with Gasteiger partial charge in [-0.25, -0.2) is 4.39 Å². The summed E-state index contributed by atoms with van der Waals surface area (Å²) in [4.78, 5) is 14.2. The molecule has 20 heavy (non-hydrogen) atoms. The Kier molecular flexibility index (Phi) is 6.41. The highest BCUT2D eigenvalue weighted by Crippen LogP contribution is 2.18. The third kappa shape index (κ3) is 4.18. The van der Waals surface area contributed by atoms with E-state index >= 15 is 0 Å². The van der Waals surface area contributed by atoms with Crippen molar-refractivity contribution >= 4 is 11.6 Å². The van der Waals surface area contributed by atoms with Crippen molar-refractivity contribution in [3.63, 3.8) is 0 Å². The van der Waals surface area contributed by atoms with Crippen molar-refractivity contribution < 1.29 is 9.18 Å². The number of nitrogens with two attached hydrogens (primary N) is 1. The summed E-state index contributed by atoms with van der Waals surface area (Å²) in [6.45, 7) is 5.48. The Balaban J connectivity index is 2.58. The predicted molar refractivity (Wildman–Crippen MR) is 78.9 cm³/mol. The van der Waals surface area contributed by atoms with Gasteiger partial charge in [-0.2, -0.15) is 0 Å². The first-order valence-electron chi connectivity index (χ1n) is 6.74. The lowest BCUT2D eigenvalue weighted by Crippen LogP contribution is -2.37. The number of carbonyl (C=O) groups excluding carboxylic acids is 1. The molecule has 1 aromatic rings. The molecule has 0 aromatic heterocycles. The number of amides is 1. The lowest BCUT2D eigenvalue weighted by atomic mass is 10.1. The van der Waals surface area contributed by atoms with Crippen molar-refractivity contribution in [3.8, 4) is 0 Å². The topological polar surface area (TPSA) is 70.4 Å². The van der Waals surface area contributed by atoms with E-state index < -0.39 is 5.82 Å². The molecule has 1 rings (SSSR count). The number of rotatable bonds is 7. The van der Waals surface area contributed by atoms with E-state index in [1.807, 2.05) is 7.05 Å². The van der Waals surface area contributed by atoms with Crippen molar-refractivity contribution in [1.82, 2.24) is 10.2 Å². The molecule has 1 unspecified atom stereocenters. The number of hydrogen-bond donors (Lipinski definition) is 3. The molecule has 0 bridgehead atoms. The van der Waals surface area contributed by atoms with E-state index in [4.69, 9.17) is 5.84 Å². The molecule has 0 radical (unpaired) electrons. The fourth-order valence-electron chi connectivity index (χ4n) is 1.83. The molecule has 0 aliphatic rings. The van der Waals surface area contributed by atoms with Crippen LogP contribution in [0.25, 0.3) is 0 Å². The maximum atomic E-state index is 13.5. The van der Waals surface area contributed by atoms with Gasteiger partial charge in [0, 0.05) is 19.1 Å². The first kappa shape index (κ1) is 16.4. The van der Waals surface area contributed by atoms with Gasteiger partial charge in [-0.15, -0.1) is 0 Å². The number of nitrogens with zero attached hydrogens (tertiary/aromatic N) is 1. The molecular weight excluding hydrogens is 259 g/mol. The number of carbonyl (C=O) groups is 1. The maximum Gasteiger partial charge on any atom is 0.253 e. The Morgan fingerprint density at radius 3 is 2.80 bits per heavy atom. The number of benzene rings is 1. The van der Waals surface area contributed by atoms with E-state index in [1.54, 1.807) is 0 Å². The Morgan fingerprint density at radius 2 is 2.20 bits per heavy atom. The first-order valence-corrected chi connectivity index (χ1v) is 6.74. The van der Waals surface area contributed by atoms with Gasteiger partial charge in [-0.05, 0) is 32.5 Å². The summed E-state index contributed by atoms with van der Waals surface area (Å²) in [5.41, 5.74) is 2.45. The molecule has 1 amide bonds. The molecule has 112 valence electrons. The van der Waals surface area contributed by atoms with Gasteiger partial charge < -0.3 is 15.6 Å². The summed E-state index contributed by atoms with van der Waals surface area (Å²) in [5.74, 6) is 4.36. The molecule has 1 atom stereocenters. The minimum absolute atomic E-state index is 0.0141. The Morgan fingerprint density at radius 1 is 1.50 bits per heavy atom. The molecule has 4 N–H and O–H groups in total. The molecule has 0 spiro atoms. The lowest BCUT2D eigenvalue weighted by molar-refractivity contribution is 0.0948. The SMILES string of the molecule is CCC(C)N(C)CCNC(=O)c1cccc(F)c1NN. The normalized spacial score (nSPS) is 12.3. The lowest BCUT2D eigenvalue weighted by Gasteiger charge is -2.23. The number of anilines is 1. The summed E-state index contributed by atoms with van der Waals surface area (Å²) in [7, 11) is 2.01. The second-order valence-electron chi connectivity index (χ2n) is 4.80. The monoisotopic (exact) mass is 282 g/mol. The third-order valence-corrected chi connectivity index (χ3v) is 3.50. The molecule has 1 aromatic carbocycles. The second kappa shape index (κ2) is 7.81. The van der Waals surface area contributed by atoms with Gasteiger partial charge in [0.15, 0.2) is 0 Å². The van der Waals surface area contributed by atoms with Gasteiger partial charge in [0.2, 0.25) is 0 Å². The number of likely N-dealkylation sites (N-methyl/N-ethyl adjacent to an activating group) is 1. The van der Waals surface area contributed by atoms with Crippen LogP contribution in [0.4, 0.5) is 10.1 Å². The number of halogens is 1. The van der Waals surface area contributed by atoms with Crippen molar-refractivity contribution in [2.45, 2.75) is 26.3 Å². The highest BCUT2D eigenvalue weighted by Gasteiger charge is 2.14. The van der Waals surface area contributed by atoms with Gasteiger partial charge in [0.1, 0.15) is 5.82 Å². The average molecular weight is 282 g/mol. The van der Waals surface area contributed by atoms with Crippen LogP contribution in [0, 0.1) is 5.82 Å². The average Bonchev–Trinajstić information content (AvgIpc) is 2.45. The van der Waals surface area contributed by atoms with Crippen LogP contribution in [0.3, 0.4) is 0 Å². The minimum Gasteiger partial charge on any atom is -0.351 e.